The zero-order valence-corrected chi connectivity index (χ0v) is 13.2. The predicted octanol–water partition coefficient (Wildman–Crippen LogP) is 3.44. The first kappa shape index (κ1) is 14.1. The van der Waals surface area contributed by atoms with Gasteiger partial charge in [-0.2, -0.15) is 0 Å². The molecule has 1 N–H and O–H groups in total. The van der Waals surface area contributed by atoms with Gasteiger partial charge >= 0.3 is 0 Å². The zero-order chi connectivity index (χ0) is 14.1. The van der Waals surface area contributed by atoms with Gasteiger partial charge in [0.2, 0.25) is 0 Å². The molecule has 1 saturated heterocycles. The molecule has 0 amide bonds. The third-order valence-corrected chi connectivity index (χ3v) is 5.22. The Morgan fingerprint density at radius 1 is 1.20 bits per heavy atom. The van der Waals surface area contributed by atoms with Crippen molar-refractivity contribution in [3.63, 3.8) is 0 Å². The summed E-state index contributed by atoms with van der Waals surface area (Å²) in [7, 11) is 2.30. The van der Waals surface area contributed by atoms with Crippen molar-refractivity contribution in [1.82, 2.24) is 10.2 Å². The van der Waals surface area contributed by atoms with Gasteiger partial charge in [-0.3, -0.25) is 4.90 Å². The number of aryl methyl sites for hydroxylation is 1. The van der Waals surface area contributed by atoms with Crippen LogP contribution >= 0.6 is 0 Å². The second-order valence-electron chi connectivity index (χ2n) is 6.80. The zero-order valence-electron chi connectivity index (χ0n) is 13.2. The number of likely N-dealkylation sites (tertiary alicyclic amines) is 1. The second-order valence-corrected chi connectivity index (χ2v) is 6.80. The lowest BCUT2D eigenvalue weighted by Crippen LogP contribution is -2.41. The quantitative estimate of drug-likeness (QED) is 0.903. The molecule has 2 heteroatoms. The Balaban J connectivity index is 1.82. The van der Waals surface area contributed by atoms with Crippen LogP contribution in [0.1, 0.15) is 48.4 Å². The van der Waals surface area contributed by atoms with Crippen LogP contribution in [0.15, 0.2) is 18.2 Å². The minimum absolute atomic E-state index is 0.592. The van der Waals surface area contributed by atoms with Crippen molar-refractivity contribution < 1.29 is 0 Å². The fraction of sp³-hybridized carbons (Fsp3) is 0.667. The first-order chi connectivity index (χ1) is 9.66. The van der Waals surface area contributed by atoms with Crippen LogP contribution in [0, 0.1) is 19.8 Å². The van der Waals surface area contributed by atoms with Crippen LogP contribution in [0.25, 0.3) is 0 Å². The molecule has 110 valence electrons. The molecule has 0 spiro atoms. The molecule has 2 fully saturated rings. The maximum absolute atomic E-state index is 3.75. The SMILES string of the molecule is Cc1cccc(C2C(CNC3CC3)CCCN2C)c1C. The Hall–Kier alpha value is -0.860. The van der Waals surface area contributed by atoms with E-state index in [0.29, 0.717) is 6.04 Å². The van der Waals surface area contributed by atoms with E-state index in [-0.39, 0.29) is 0 Å². The average molecular weight is 272 g/mol. The first-order valence-corrected chi connectivity index (χ1v) is 8.16. The van der Waals surface area contributed by atoms with Gasteiger partial charge in [0.25, 0.3) is 0 Å². The van der Waals surface area contributed by atoms with Crippen molar-refractivity contribution in [2.24, 2.45) is 5.92 Å². The third kappa shape index (κ3) is 2.91. The Morgan fingerprint density at radius 3 is 2.75 bits per heavy atom. The number of rotatable bonds is 4. The molecule has 2 atom stereocenters. The molecule has 2 aliphatic rings. The van der Waals surface area contributed by atoms with Gasteiger partial charge in [0, 0.05) is 18.6 Å². The fourth-order valence-corrected chi connectivity index (χ4v) is 3.66. The van der Waals surface area contributed by atoms with Gasteiger partial charge in [-0.25, -0.2) is 0 Å². The third-order valence-electron chi connectivity index (χ3n) is 5.22. The number of hydrogen-bond acceptors (Lipinski definition) is 2. The standard InChI is InChI=1S/C18H28N2/c1-13-6-4-8-17(14(13)2)18-15(7-5-11-20(18)3)12-19-16-9-10-16/h4,6,8,15-16,18-19H,5,7,9-12H2,1-3H3. The monoisotopic (exact) mass is 272 g/mol. The van der Waals surface area contributed by atoms with Crippen molar-refractivity contribution in [3.05, 3.63) is 34.9 Å². The van der Waals surface area contributed by atoms with E-state index < -0.39 is 0 Å². The minimum atomic E-state index is 0.592. The number of piperidine rings is 1. The lowest BCUT2D eigenvalue weighted by Gasteiger charge is -2.40. The van der Waals surface area contributed by atoms with Gasteiger partial charge < -0.3 is 5.32 Å². The first-order valence-electron chi connectivity index (χ1n) is 8.16. The molecule has 1 aromatic carbocycles. The molecule has 1 saturated carbocycles. The van der Waals surface area contributed by atoms with Crippen molar-refractivity contribution in [2.75, 3.05) is 20.1 Å². The van der Waals surface area contributed by atoms with Crippen LogP contribution in [0.3, 0.4) is 0 Å². The summed E-state index contributed by atoms with van der Waals surface area (Å²) in [5, 5.41) is 3.75. The molecule has 3 rings (SSSR count). The lowest BCUT2D eigenvalue weighted by atomic mass is 9.82. The van der Waals surface area contributed by atoms with Crippen LogP contribution in [0.2, 0.25) is 0 Å². The minimum Gasteiger partial charge on any atom is -0.314 e. The summed E-state index contributed by atoms with van der Waals surface area (Å²) in [5.41, 5.74) is 4.47. The van der Waals surface area contributed by atoms with Crippen LogP contribution in [-0.2, 0) is 0 Å². The Bertz CT molecular complexity index is 464. The van der Waals surface area contributed by atoms with Crippen LogP contribution in [0.5, 0.6) is 0 Å². The topological polar surface area (TPSA) is 15.3 Å². The predicted molar refractivity (Wildman–Crippen MR) is 85.0 cm³/mol. The summed E-state index contributed by atoms with van der Waals surface area (Å²) < 4.78 is 0. The number of benzene rings is 1. The maximum Gasteiger partial charge on any atom is 0.0388 e. The van der Waals surface area contributed by atoms with E-state index in [9.17, 15) is 0 Å². The van der Waals surface area contributed by atoms with Crippen molar-refractivity contribution >= 4 is 0 Å². The molecular weight excluding hydrogens is 244 g/mol. The van der Waals surface area contributed by atoms with Gasteiger partial charge in [0.05, 0.1) is 0 Å². The van der Waals surface area contributed by atoms with E-state index in [4.69, 9.17) is 0 Å². The smallest absolute Gasteiger partial charge is 0.0388 e. The molecule has 0 radical (unpaired) electrons. The largest absolute Gasteiger partial charge is 0.314 e. The van der Waals surface area contributed by atoms with Crippen molar-refractivity contribution in [1.29, 1.82) is 0 Å². The van der Waals surface area contributed by atoms with Gasteiger partial charge in [0.1, 0.15) is 0 Å². The number of hydrogen-bond donors (Lipinski definition) is 1. The highest BCUT2D eigenvalue weighted by atomic mass is 15.1. The van der Waals surface area contributed by atoms with Crippen molar-refractivity contribution in [3.8, 4) is 0 Å². The molecule has 0 bridgehead atoms. The van der Waals surface area contributed by atoms with Gasteiger partial charge in [-0.1, -0.05) is 18.2 Å². The van der Waals surface area contributed by atoms with E-state index in [1.807, 2.05) is 0 Å². The normalized spacial score (nSPS) is 27.8. The molecule has 2 nitrogen and oxygen atoms in total. The van der Waals surface area contributed by atoms with Crippen LogP contribution in [-0.4, -0.2) is 31.1 Å². The highest BCUT2D eigenvalue weighted by molar-refractivity contribution is 5.36. The summed E-state index contributed by atoms with van der Waals surface area (Å²) in [6, 6.07) is 8.22. The Morgan fingerprint density at radius 2 is 2.00 bits per heavy atom. The van der Waals surface area contributed by atoms with E-state index in [1.54, 1.807) is 5.56 Å². The average Bonchev–Trinajstić information content (AvgIpc) is 3.24. The Labute approximate surface area is 123 Å². The summed E-state index contributed by atoms with van der Waals surface area (Å²) >= 11 is 0. The molecule has 20 heavy (non-hydrogen) atoms. The maximum atomic E-state index is 3.75. The van der Waals surface area contributed by atoms with E-state index >= 15 is 0 Å². The number of nitrogens with zero attached hydrogens (tertiary/aromatic N) is 1. The number of nitrogens with one attached hydrogen (secondary N) is 1. The lowest BCUT2D eigenvalue weighted by molar-refractivity contribution is 0.119. The highest BCUT2D eigenvalue weighted by Crippen LogP contribution is 2.37. The summed E-state index contributed by atoms with van der Waals surface area (Å²) in [4.78, 5) is 2.57. The summed E-state index contributed by atoms with van der Waals surface area (Å²) in [6.07, 6.45) is 5.48. The van der Waals surface area contributed by atoms with E-state index in [0.717, 1.165) is 12.0 Å². The molecule has 1 aromatic rings. The van der Waals surface area contributed by atoms with Crippen LogP contribution < -0.4 is 5.32 Å². The molecule has 1 heterocycles. The fourth-order valence-electron chi connectivity index (χ4n) is 3.66. The summed E-state index contributed by atoms with van der Waals surface area (Å²) in [5.74, 6) is 0.759. The molecule has 1 aliphatic heterocycles. The Kier molecular flexibility index (Phi) is 4.13. The van der Waals surface area contributed by atoms with Crippen molar-refractivity contribution in [2.45, 2.75) is 51.6 Å². The van der Waals surface area contributed by atoms with E-state index in [1.165, 1.54) is 49.9 Å². The molecular formula is C18H28N2. The molecule has 2 unspecified atom stereocenters. The molecule has 1 aliphatic carbocycles. The van der Waals surface area contributed by atoms with E-state index in [2.05, 4.69) is 49.3 Å². The van der Waals surface area contributed by atoms with Gasteiger partial charge in [-0.05, 0) is 75.7 Å². The molecule has 0 aromatic heterocycles. The highest BCUT2D eigenvalue weighted by Gasteiger charge is 2.32. The van der Waals surface area contributed by atoms with Crippen LogP contribution in [0.4, 0.5) is 0 Å². The van der Waals surface area contributed by atoms with Gasteiger partial charge in [0.15, 0.2) is 0 Å². The summed E-state index contributed by atoms with van der Waals surface area (Å²) in [6.45, 7) is 6.95. The second kappa shape index (κ2) is 5.87. The van der Waals surface area contributed by atoms with Gasteiger partial charge in [-0.15, -0.1) is 0 Å².